The van der Waals surface area contributed by atoms with E-state index in [-0.39, 0.29) is 11.7 Å². The summed E-state index contributed by atoms with van der Waals surface area (Å²) in [4.78, 5) is 0. The van der Waals surface area contributed by atoms with Crippen LogP contribution in [-0.4, -0.2) is 0 Å². The highest BCUT2D eigenvalue weighted by Crippen LogP contribution is 2.26. The highest BCUT2D eigenvalue weighted by Gasteiger charge is 2.15. The van der Waals surface area contributed by atoms with Gasteiger partial charge in [0.15, 0.2) is 0 Å². The number of hydrogen-bond donors (Lipinski definition) is 0. The normalized spacial score (nSPS) is 12.3. The summed E-state index contributed by atoms with van der Waals surface area (Å²) in [6.45, 7) is 7.20. The second kappa shape index (κ2) is 3.79. The Bertz CT molecular complexity index is 402. The van der Waals surface area contributed by atoms with Gasteiger partial charge in [-0.15, -0.1) is 0 Å². The van der Waals surface area contributed by atoms with Crippen molar-refractivity contribution in [1.29, 1.82) is 5.26 Å². The molecule has 1 aromatic rings. The fourth-order valence-corrected chi connectivity index (χ4v) is 1.91. The van der Waals surface area contributed by atoms with E-state index in [1.165, 1.54) is 0 Å². The number of nitriles is 1. The van der Waals surface area contributed by atoms with Crippen molar-refractivity contribution in [2.45, 2.75) is 33.6 Å². The fourth-order valence-electron chi connectivity index (χ4n) is 1.91. The Balaban J connectivity index is 3.45. The Labute approximate surface area is 84.2 Å². The zero-order valence-corrected chi connectivity index (χ0v) is 8.98. The van der Waals surface area contributed by atoms with Gasteiger partial charge in [-0.3, -0.25) is 0 Å². The lowest BCUT2D eigenvalue weighted by Gasteiger charge is -2.14. The average Bonchev–Trinajstić information content (AvgIpc) is 2.14. The molecule has 0 bridgehead atoms. The predicted octanol–water partition coefficient (Wildman–Crippen LogP) is 3.38. The van der Waals surface area contributed by atoms with Gasteiger partial charge in [-0.2, -0.15) is 5.26 Å². The summed E-state index contributed by atoms with van der Waals surface area (Å²) in [7, 11) is 0. The minimum absolute atomic E-state index is 0.187. The molecule has 1 unspecified atom stereocenters. The highest BCUT2D eigenvalue weighted by atomic mass is 19.1. The predicted molar refractivity (Wildman–Crippen MR) is 54.6 cm³/mol. The molecule has 0 saturated heterocycles. The van der Waals surface area contributed by atoms with Crippen LogP contribution in [0.5, 0.6) is 0 Å². The molecule has 1 rings (SSSR count). The summed E-state index contributed by atoms with van der Waals surface area (Å²) < 4.78 is 13.6. The molecule has 1 aromatic carbocycles. The van der Waals surface area contributed by atoms with Crippen LogP contribution in [0, 0.1) is 37.9 Å². The molecule has 0 aliphatic heterocycles. The molecule has 0 aliphatic rings. The number of nitrogens with zero attached hydrogens (tertiary/aromatic N) is 1. The number of aryl methyl sites for hydroxylation is 2. The van der Waals surface area contributed by atoms with Crippen LogP contribution < -0.4 is 0 Å². The zero-order valence-electron chi connectivity index (χ0n) is 8.98. The Morgan fingerprint density at radius 1 is 1.29 bits per heavy atom. The minimum Gasteiger partial charge on any atom is -0.206 e. The van der Waals surface area contributed by atoms with E-state index in [0.717, 1.165) is 11.1 Å². The van der Waals surface area contributed by atoms with Crippen LogP contribution in [0.1, 0.15) is 35.1 Å². The molecule has 1 nitrogen and oxygen atoms in total. The van der Waals surface area contributed by atoms with Crippen LogP contribution in [0.2, 0.25) is 0 Å². The second-order valence-electron chi connectivity index (χ2n) is 3.71. The van der Waals surface area contributed by atoms with Crippen molar-refractivity contribution < 1.29 is 4.39 Å². The quantitative estimate of drug-likeness (QED) is 0.667. The molecule has 0 amide bonds. The van der Waals surface area contributed by atoms with Gasteiger partial charge in [-0.25, -0.2) is 4.39 Å². The largest absolute Gasteiger partial charge is 0.206 e. The molecule has 2 heteroatoms. The van der Waals surface area contributed by atoms with Gasteiger partial charge >= 0.3 is 0 Å². The molecule has 0 aliphatic carbocycles. The Morgan fingerprint density at radius 3 is 2.36 bits per heavy atom. The molecule has 0 spiro atoms. The Morgan fingerprint density at radius 2 is 1.86 bits per heavy atom. The second-order valence-corrected chi connectivity index (χ2v) is 3.71. The SMILES string of the molecule is Cc1cc(C)c(C(C)C#N)c(C)c1F. The van der Waals surface area contributed by atoms with Crippen LogP contribution in [0.25, 0.3) is 0 Å². The summed E-state index contributed by atoms with van der Waals surface area (Å²) in [6, 6.07) is 3.94. The summed E-state index contributed by atoms with van der Waals surface area (Å²) in [5, 5.41) is 8.82. The molecule has 0 fully saturated rings. The first kappa shape index (κ1) is 10.7. The van der Waals surface area contributed by atoms with Gasteiger partial charge in [0, 0.05) is 0 Å². The third-order valence-corrected chi connectivity index (χ3v) is 2.56. The van der Waals surface area contributed by atoms with Crippen molar-refractivity contribution in [2.24, 2.45) is 0 Å². The van der Waals surface area contributed by atoms with E-state index in [1.807, 2.05) is 6.92 Å². The highest BCUT2D eigenvalue weighted by molar-refractivity contribution is 5.42. The first-order valence-electron chi connectivity index (χ1n) is 4.64. The van der Waals surface area contributed by atoms with E-state index in [0.29, 0.717) is 11.1 Å². The van der Waals surface area contributed by atoms with Gasteiger partial charge in [0.05, 0.1) is 12.0 Å². The topological polar surface area (TPSA) is 23.8 Å². The molecule has 0 aromatic heterocycles. The van der Waals surface area contributed by atoms with E-state index in [4.69, 9.17) is 5.26 Å². The summed E-state index contributed by atoms with van der Waals surface area (Å²) >= 11 is 0. The van der Waals surface area contributed by atoms with Crippen molar-refractivity contribution in [3.05, 3.63) is 34.1 Å². The standard InChI is InChI=1S/C12H14FN/c1-7-5-8(2)12(13)10(4)11(7)9(3)6-14/h5,9H,1-4H3. The monoisotopic (exact) mass is 191 g/mol. The van der Waals surface area contributed by atoms with Crippen molar-refractivity contribution in [3.8, 4) is 6.07 Å². The number of halogens is 1. The van der Waals surface area contributed by atoms with Gasteiger partial charge in [0.2, 0.25) is 0 Å². The van der Waals surface area contributed by atoms with E-state index >= 15 is 0 Å². The average molecular weight is 191 g/mol. The lowest BCUT2D eigenvalue weighted by Crippen LogP contribution is -2.02. The molecule has 1 atom stereocenters. The third kappa shape index (κ3) is 1.63. The molecule has 0 N–H and O–H groups in total. The van der Waals surface area contributed by atoms with Crippen molar-refractivity contribution >= 4 is 0 Å². The van der Waals surface area contributed by atoms with Gasteiger partial charge < -0.3 is 0 Å². The van der Waals surface area contributed by atoms with E-state index in [1.54, 1.807) is 26.8 Å². The lowest BCUT2D eigenvalue weighted by molar-refractivity contribution is 0.604. The Hall–Kier alpha value is -1.36. The van der Waals surface area contributed by atoms with Gasteiger partial charge in [0.25, 0.3) is 0 Å². The van der Waals surface area contributed by atoms with Crippen molar-refractivity contribution in [3.63, 3.8) is 0 Å². The van der Waals surface area contributed by atoms with Crippen LogP contribution in [0.3, 0.4) is 0 Å². The van der Waals surface area contributed by atoms with E-state index < -0.39 is 0 Å². The Kier molecular flexibility index (Phi) is 2.90. The molecular weight excluding hydrogens is 177 g/mol. The summed E-state index contributed by atoms with van der Waals surface area (Å²) in [5.74, 6) is -0.433. The van der Waals surface area contributed by atoms with Gasteiger partial charge in [-0.05, 0) is 49.9 Å². The maximum atomic E-state index is 13.6. The van der Waals surface area contributed by atoms with Crippen molar-refractivity contribution in [1.82, 2.24) is 0 Å². The van der Waals surface area contributed by atoms with Gasteiger partial charge in [0.1, 0.15) is 5.82 Å². The zero-order chi connectivity index (χ0) is 10.9. The smallest absolute Gasteiger partial charge is 0.129 e. The maximum absolute atomic E-state index is 13.6. The van der Waals surface area contributed by atoms with Gasteiger partial charge in [-0.1, -0.05) is 6.07 Å². The van der Waals surface area contributed by atoms with Crippen LogP contribution in [0.15, 0.2) is 6.07 Å². The molecule has 0 saturated carbocycles. The van der Waals surface area contributed by atoms with Crippen molar-refractivity contribution in [2.75, 3.05) is 0 Å². The third-order valence-electron chi connectivity index (χ3n) is 2.56. The fraction of sp³-hybridized carbons (Fsp3) is 0.417. The molecule has 14 heavy (non-hydrogen) atoms. The minimum atomic E-state index is -0.245. The van der Waals surface area contributed by atoms with E-state index in [2.05, 4.69) is 6.07 Å². The number of rotatable bonds is 1. The molecule has 74 valence electrons. The van der Waals surface area contributed by atoms with Crippen LogP contribution >= 0.6 is 0 Å². The number of benzene rings is 1. The first-order chi connectivity index (χ1) is 6.49. The molecule has 0 radical (unpaired) electrons. The van der Waals surface area contributed by atoms with Crippen LogP contribution in [0.4, 0.5) is 4.39 Å². The lowest BCUT2D eigenvalue weighted by atomic mass is 9.91. The molecular formula is C12H14FN. The summed E-state index contributed by atoms with van der Waals surface area (Å²) in [6.07, 6.45) is 0. The molecule has 0 heterocycles. The number of hydrogen-bond acceptors (Lipinski definition) is 1. The van der Waals surface area contributed by atoms with Crippen LogP contribution in [-0.2, 0) is 0 Å². The maximum Gasteiger partial charge on any atom is 0.129 e. The summed E-state index contributed by atoms with van der Waals surface area (Å²) in [5.41, 5.74) is 3.08. The van der Waals surface area contributed by atoms with E-state index in [9.17, 15) is 4.39 Å². The first-order valence-corrected chi connectivity index (χ1v) is 4.64.